The van der Waals surface area contributed by atoms with Crippen LogP contribution in [0.2, 0.25) is 0 Å². The lowest BCUT2D eigenvalue weighted by molar-refractivity contribution is -0.127. The lowest BCUT2D eigenvalue weighted by Gasteiger charge is -2.34. The first-order chi connectivity index (χ1) is 11.5. The number of hydrogen-bond acceptors (Lipinski definition) is 3. The SMILES string of the molecule is Cc1ccccc1O[C@@H](C)C(=O)NCCCN1C[C@H](C)C[C@H](C)C1. The van der Waals surface area contributed by atoms with Crippen LogP contribution in [0.15, 0.2) is 24.3 Å². The second kappa shape index (κ2) is 9.07. The Kier molecular flexibility index (Phi) is 7.10. The van der Waals surface area contributed by atoms with Gasteiger partial charge in [-0.2, -0.15) is 0 Å². The van der Waals surface area contributed by atoms with E-state index in [1.807, 2.05) is 31.2 Å². The zero-order valence-electron chi connectivity index (χ0n) is 15.5. The van der Waals surface area contributed by atoms with Crippen LogP contribution in [0.5, 0.6) is 5.75 Å². The Labute approximate surface area is 146 Å². The zero-order chi connectivity index (χ0) is 17.5. The summed E-state index contributed by atoms with van der Waals surface area (Å²) in [5, 5.41) is 2.99. The normalized spacial score (nSPS) is 22.8. The fourth-order valence-electron chi connectivity index (χ4n) is 3.57. The molecule has 1 saturated heterocycles. The van der Waals surface area contributed by atoms with Crippen LogP contribution in [0.1, 0.15) is 39.2 Å². The number of nitrogens with one attached hydrogen (secondary N) is 1. The van der Waals surface area contributed by atoms with Crippen molar-refractivity contribution in [2.24, 2.45) is 11.8 Å². The summed E-state index contributed by atoms with van der Waals surface area (Å²) in [6, 6.07) is 7.78. The van der Waals surface area contributed by atoms with Crippen molar-refractivity contribution in [2.75, 3.05) is 26.2 Å². The molecule has 0 bridgehead atoms. The van der Waals surface area contributed by atoms with Gasteiger partial charge in [-0.3, -0.25) is 4.79 Å². The van der Waals surface area contributed by atoms with Crippen molar-refractivity contribution in [1.29, 1.82) is 0 Å². The highest BCUT2D eigenvalue weighted by Gasteiger charge is 2.21. The number of para-hydroxylation sites is 1. The van der Waals surface area contributed by atoms with E-state index < -0.39 is 6.10 Å². The van der Waals surface area contributed by atoms with Crippen LogP contribution in [0, 0.1) is 18.8 Å². The van der Waals surface area contributed by atoms with E-state index >= 15 is 0 Å². The first-order valence-electron chi connectivity index (χ1n) is 9.18. The second-order valence-corrected chi connectivity index (χ2v) is 7.38. The third kappa shape index (κ3) is 5.82. The Balaban J connectivity index is 1.66. The number of carbonyl (C=O) groups excluding carboxylic acids is 1. The summed E-state index contributed by atoms with van der Waals surface area (Å²) in [5.41, 5.74) is 1.05. The lowest BCUT2D eigenvalue weighted by atomic mass is 9.92. The van der Waals surface area contributed by atoms with E-state index in [1.165, 1.54) is 19.5 Å². The fraction of sp³-hybridized carbons (Fsp3) is 0.650. The van der Waals surface area contributed by atoms with E-state index in [2.05, 4.69) is 24.1 Å². The van der Waals surface area contributed by atoms with Crippen molar-refractivity contribution in [3.8, 4) is 5.75 Å². The molecule has 1 heterocycles. The van der Waals surface area contributed by atoms with Crippen molar-refractivity contribution in [3.63, 3.8) is 0 Å². The van der Waals surface area contributed by atoms with Crippen LogP contribution in [0.25, 0.3) is 0 Å². The summed E-state index contributed by atoms with van der Waals surface area (Å²) in [6.07, 6.45) is 1.85. The molecule has 134 valence electrons. The minimum absolute atomic E-state index is 0.0429. The van der Waals surface area contributed by atoms with Crippen LogP contribution in [-0.2, 0) is 4.79 Å². The predicted octanol–water partition coefficient (Wildman–Crippen LogP) is 3.25. The summed E-state index contributed by atoms with van der Waals surface area (Å²) in [5.74, 6) is 2.30. The van der Waals surface area contributed by atoms with E-state index in [4.69, 9.17) is 4.74 Å². The number of piperidine rings is 1. The largest absolute Gasteiger partial charge is 0.481 e. The molecule has 1 fully saturated rings. The maximum atomic E-state index is 12.2. The van der Waals surface area contributed by atoms with Crippen LogP contribution in [0.3, 0.4) is 0 Å². The molecule has 1 aromatic rings. The predicted molar refractivity (Wildman–Crippen MR) is 98.3 cm³/mol. The third-order valence-corrected chi connectivity index (χ3v) is 4.66. The summed E-state index contributed by atoms with van der Waals surface area (Å²) in [4.78, 5) is 14.7. The molecule has 1 aromatic carbocycles. The van der Waals surface area contributed by atoms with Gasteiger partial charge in [-0.15, -0.1) is 0 Å². The number of hydrogen-bond donors (Lipinski definition) is 1. The highest BCUT2D eigenvalue weighted by atomic mass is 16.5. The van der Waals surface area contributed by atoms with E-state index in [1.54, 1.807) is 6.92 Å². The monoisotopic (exact) mass is 332 g/mol. The van der Waals surface area contributed by atoms with Gasteiger partial charge >= 0.3 is 0 Å². The number of aryl methyl sites for hydroxylation is 1. The molecule has 1 aliphatic rings. The Morgan fingerprint density at radius 1 is 1.29 bits per heavy atom. The number of amides is 1. The van der Waals surface area contributed by atoms with E-state index in [0.29, 0.717) is 6.54 Å². The quantitative estimate of drug-likeness (QED) is 0.779. The zero-order valence-corrected chi connectivity index (χ0v) is 15.5. The van der Waals surface area contributed by atoms with Crippen LogP contribution in [0.4, 0.5) is 0 Å². The van der Waals surface area contributed by atoms with Gasteiger partial charge < -0.3 is 15.0 Å². The standard InChI is InChI=1S/C20H32N2O2/c1-15-12-16(2)14-22(13-15)11-7-10-21-20(23)18(4)24-19-9-6-5-8-17(19)3/h5-6,8-9,15-16,18H,7,10-14H2,1-4H3,(H,21,23)/t15-,16+,18-/m0/s1. The van der Waals surface area contributed by atoms with Gasteiger partial charge in [0.2, 0.25) is 0 Å². The van der Waals surface area contributed by atoms with Gasteiger partial charge in [0, 0.05) is 19.6 Å². The van der Waals surface area contributed by atoms with Crippen molar-refractivity contribution in [2.45, 2.75) is 46.6 Å². The number of nitrogens with zero attached hydrogens (tertiary/aromatic N) is 1. The number of ether oxygens (including phenoxy) is 1. The molecule has 1 N–H and O–H groups in total. The molecule has 0 spiro atoms. The van der Waals surface area contributed by atoms with E-state index in [-0.39, 0.29) is 5.91 Å². The Hall–Kier alpha value is -1.55. The molecule has 4 heteroatoms. The molecule has 24 heavy (non-hydrogen) atoms. The smallest absolute Gasteiger partial charge is 0.260 e. The molecule has 4 nitrogen and oxygen atoms in total. The average molecular weight is 332 g/mol. The summed E-state index contributed by atoms with van der Waals surface area (Å²) < 4.78 is 5.76. The lowest BCUT2D eigenvalue weighted by Crippen LogP contribution is -2.41. The van der Waals surface area contributed by atoms with Crippen molar-refractivity contribution in [3.05, 3.63) is 29.8 Å². The summed E-state index contributed by atoms with van der Waals surface area (Å²) in [6.45, 7) is 12.6. The number of rotatable bonds is 7. The fourth-order valence-corrected chi connectivity index (χ4v) is 3.57. The number of benzene rings is 1. The molecule has 0 saturated carbocycles. The van der Waals surface area contributed by atoms with Crippen molar-refractivity contribution < 1.29 is 9.53 Å². The molecular formula is C20H32N2O2. The highest BCUT2D eigenvalue weighted by molar-refractivity contribution is 5.80. The molecule has 3 atom stereocenters. The van der Waals surface area contributed by atoms with Gasteiger partial charge in [-0.25, -0.2) is 0 Å². The van der Waals surface area contributed by atoms with Gasteiger partial charge in [0.05, 0.1) is 0 Å². The number of carbonyl (C=O) groups is 1. The first-order valence-corrected chi connectivity index (χ1v) is 9.18. The molecule has 0 unspecified atom stereocenters. The second-order valence-electron chi connectivity index (χ2n) is 7.38. The van der Waals surface area contributed by atoms with Gasteiger partial charge in [0.1, 0.15) is 5.75 Å². The third-order valence-electron chi connectivity index (χ3n) is 4.66. The Morgan fingerprint density at radius 3 is 2.62 bits per heavy atom. The van der Waals surface area contributed by atoms with Gasteiger partial charge in [-0.05, 0) is 56.7 Å². The maximum absolute atomic E-state index is 12.2. The average Bonchev–Trinajstić information content (AvgIpc) is 2.52. The molecule has 0 aromatic heterocycles. The Morgan fingerprint density at radius 2 is 1.96 bits per heavy atom. The number of likely N-dealkylation sites (tertiary alicyclic amines) is 1. The highest BCUT2D eigenvalue weighted by Crippen LogP contribution is 2.21. The molecular weight excluding hydrogens is 300 g/mol. The first kappa shape index (κ1) is 18.8. The van der Waals surface area contributed by atoms with Gasteiger partial charge in [0.15, 0.2) is 6.10 Å². The summed E-state index contributed by atoms with van der Waals surface area (Å²) in [7, 11) is 0. The molecule has 2 rings (SSSR count). The molecule has 0 aliphatic carbocycles. The Bertz CT molecular complexity index is 522. The molecule has 0 radical (unpaired) electrons. The summed E-state index contributed by atoms with van der Waals surface area (Å²) >= 11 is 0. The van der Waals surface area contributed by atoms with Crippen LogP contribution < -0.4 is 10.1 Å². The topological polar surface area (TPSA) is 41.6 Å². The van der Waals surface area contributed by atoms with E-state index in [0.717, 1.165) is 36.1 Å². The molecule has 1 aliphatic heterocycles. The molecule has 1 amide bonds. The van der Waals surface area contributed by atoms with Crippen molar-refractivity contribution >= 4 is 5.91 Å². The van der Waals surface area contributed by atoms with Gasteiger partial charge in [0.25, 0.3) is 5.91 Å². The van der Waals surface area contributed by atoms with Crippen LogP contribution in [-0.4, -0.2) is 43.1 Å². The van der Waals surface area contributed by atoms with E-state index in [9.17, 15) is 4.79 Å². The van der Waals surface area contributed by atoms with Crippen LogP contribution >= 0.6 is 0 Å². The van der Waals surface area contributed by atoms with Gasteiger partial charge in [-0.1, -0.05) is 32.0 Å². The minimum Gasteiger partial charge on any atom is -0.481 e. The minimum atomic E-state index is -0.471. The maximum Gasteiger partial charge on any atom is 0.260 e. The van der Waals surface area contributed by atoms with Crippen molar-refractivity contribution in [1.82, 2.24) is 10.2 Å².